The maximum atomic E-state index is 12.2. The fraction of sp³-hybridized carbons (Fsp3) is 0.0714. The normalized spacial score (nSPS) is 11.9. The van der Waals surface area contributed by atoms with E-state index in [0.29, 0.717) is 21.3 Å². The number of benzene rings is 2. The minimum absolute atomic E-state index is 0.176. The molecule has 2 aromatic rings. The third-order valence-corrected chi connectivity index (χ3v) is 5.10. The van der Waals surface area contributed by atoms with Crippen LogP contribution >= 0.6 is 27.5 Å². The van der Waals surface area contributed by atoms with Crippen molar-refractivity contribution in [1.29, 1.82) is 0 Å². The zero-order chi connectivity index (χ0) is 15.4. The van der Waals surface area contributed by atoms with Gasteiger partial charge in [0.15, 0.2) is 0 Å². The van der Waals surface area contributed by atoms with E-state index >= 15 is 0 Å². The van der Waals surface area contributed by atoms with Gasteiger partial charge in [0.2, 0.25) is 5.91 Å². The first-order chi connectivity index (χ1) is 9.97. The number of rotatable bonds is 4. The predicted molar refractivity (Wildman–Crippen MR) is 89.9 cm³/mol. The highest BCUT2D eigenvalue weighted by Gasteiger charge is 2.14. The Labute approximate surface area is 138 Å². The van der Waals surface area contributed by atoms with Crippen LogP contribution in [0.4, 0.5) is 11.4 Å². The Bertz CT molecular complexity index is 709. The van der Waals surface area contributed by atoms with Crippen LogP contribution in [0, 0.1) is 0 Å². The van der Waals surface area contributed by atoms with E-state index in [1.807, 2.05) is 12.1 Å². The van der Waals surface area contributed by atoms with Gasteiger partial charge in [-0.25, -0.2) is 0 Å². The number of anilines is 2. The van der Waals surface area contributed by atoms with E-state index in [1.165, 1.54) is 6.07 Å². The van der Waals surface area contributed by atoms with E-state index in [-0.39, 0.29) is 11.7 Å². The number of para-hydroxylation sites is 1. The molecule has 4 nitrogen and oxygen atoms in total. The summed E-state index contributed by atoms with van der Waals surface area (Å²) in [5.74, 6) is -0.529. The molecule has 0 fully saturated rings. The molecule has 0 heterocycles. The fourth-order valence-corrected chi connectivity index (χ4v) is 3.44. The Morgan fingerprint density at radius 1 is 1.29 bits per heavy atom. The minimum Gasteiger partial charge on any atom is -0.399 e. The maximum Gasteiger partial charge on any atom is 0.237 e. The Balaban J connectivity index is 2.06. The molecule has 21 heavy (non-hydrogen) atoms. The summed E-state index contributed by atoms with van der Waals surface area (Å²) in [6, 6.07) is 11.9. The molecule has 7 heteroatoms. The molecule has 3 N–H and O–H groups in total. The third kappa shape index (κ3) is 4.30. The first kappa shape index (κ1) is 16.0. The summed E-state index contributed by atoms with van der Waals surface area (Å²) in [5, 5.41) is 2.99. The van der Waals surface area contributed by atoms with Crippen LogP contribution in [0.1, 0.15) is 0 Å². The molecule has 110 valence electrons. The number of hydrogen-bond acceptors (Lipinski definition) is 3. The summed E-state index contributed by atoms with van der Waals surface area (Å²) in [7, 11) is -1.53. The molecule has 0 saturated heterocycles. The number of nitrogens with two attached hydrogens (primary N) is 1. The fourth-order valence-electron chi connectivity index (χ4n) is 1.65. The molecule has 0 aliphatic heterocycles. The van der Waals surface area contributed by atoms with Gasteiger partial charge in [-0.05, 0) is 46.3 Å². The highest BCUT2D eigenvalue weighted by molar-refractivity contribution is 9.10. The van der Waals surface area contributed by atoms with Gasteiger partial charge in [-0.2, -0.15) is 0 Å². The summed E-state index contributed by atoms with van der Waals surface area (Å²) in [4.78, 5) is 12.3. The Morgan fingerprint density at radius 3 is 2.67 bits per heavy atom. The zero-order valence-corrected chi connectivity index (χ0v) is 14.0. The molecule has 0 aliphatic carbocycles. The van der Waals surface area contributed by atoms with Crippen LogP contribution in [0.2, 0.25) is 5.02 Å². The topological polar surface area (TPSA) is 72.2 Å². The Kier molecular flexibility index (Phi) is 5.39. The van der Waals surface area contributed by atoms with Gasteiger partial charge in [0.05, 0.1) is 26.4 Å². The second-order valence-electron chi connectivity index (χ2n) is 4.21. The van der Waals surface area contributed by atoms with Crippen molar-refractivity contribution in [2.75, 3.05) is 16.8 Å². The molecular formula is C14H12BrClN2O2S. The van der Waals surface area contributed by atoms with E-state index in [1.54, 1.807) is 24.3 Å². The quantitative estimate of drug-likeness (QED) is 0.789. The summed E-state index contributed by atoms with van der Waals surface area (Å²) in [6.07, 6.45) is 0. The average molecular weight is 388 g/mol. The van der Waals surface area contributed by atoms with Gasteiger partial charge in [0, 0.05) is 10.2 Å². The van der Waals surface area contributed by atoms with Crippen LogP contribution < -0.4 is 11.1 Å². The van der Waals surface area contributed by atoms with Crippen molar-refractivity contribution in [3.05, 3.63) is 52.0 Å². The van der Waals surface area contributed by atoms with Gasteiger partial charge in [0.1, 0.15) is 5.75 Å². The standard InChI is InChI=1S/C14H12BrClN2O2S/c15-10-3-1-2-4-12(10)18-14(19)8-21(20)13-6-5-9(17)7-11(13)16/h1-7H,8,17H2,(H,18,19). The lowest BCUT2D eigenvalue weighted by molar-refractivity contribution is -0.113. The molecule has 2 rings (SSSR count). The second-order valence-corrected chi connectivity index (χ2v) is 6.89. The minimum atomic E-state index is -1.53. The van der Waals surface area contributed by atoms with Gasteiger partial charge in [-0.15, -0.1) is 0 Å². The van der Waals surface area contributed by atoms with Gasteiger partial charge < -0.3 is 11.1 Å². The molecule has 1 unspecified atom stereocenters. The largest absolute Gasteiger partial charge is 0.399 e. The summed E-state index contributed by atoms with van der Waals surface area (Å²) < 4.78 is 12.9. The number of amides is 1. The van der Waals surface area contributed by atoms with Crippen molar-refractivity contribution in [2.24, 2.45) is 0 Å². The molecule has 0 aliphatic rings. The van der Waals surface area contributed by atoms with E-state index in [9.17, 15) is 9.00 Å². The summed E-state index contributed by atoms with van der Waals surface area (Å²) >= 11 is 9.31. The van der Waals surface area contributed by atoms with E-state index in [2.05, 4.69) is 21.2 Å². The lowest BCUT2D eigenvalue weighted by Gasteiger charge is -2.08. The van der Waals surface area contributed by atoms with Gasteiger partial charge in [0.25, 0.3) is 0 Å². The molecule has 0 radical (unpaired) electrons. The number of hydrogen-bond donors (Lipinski definition) is 2. The molecule has 0 spiro atoms. The first-order valence-electron chi connectivity index (χ1n) is 5.95. The first-order valence-corrected chi connectivity index (χ1v) is 8.44. The number of halogens is 2. The van der Waals surface area contributed by atoms with Crippen molar-refractivity contribution >= 4 is 55.6 Å². The van der Waals surface area contributed by atoms with Crippen molar-refractivity contribution in [1.82, 2.24) is 0 Å². The van der Waals surface area contributed by atoms with Gasteiger partial charge in [-0.1, -0.05) is 23.7 Å². The van der Waals surface area contributed by atoms with E-state index < -0.39 is 10.8 Å². The smallest absolute Gasteiger partial charge is 0.237 e. The number of nitrogens with one attached hydrogen (secondary N) is 1. The lowest BCUT2D eigenvalue weighted by atomic mass is 10.3. The summed E-state index contributed by atoms with van der Waals surface area (Å²) in [5.41, 5.74) is 6.69. The van der Waals surface area contributed by atoms with E-state index in [4.69, 9.17) is 17.3 Å². The second kappa shape index (κ2) is 7.06. The SMILES string of the molecule is Nc1ccc(S(=O)CC(=O)Nc2ccccc2Br)c(Cl)c1. The molecule has 1 atom stereocenters. The number of carbonyl (C=O) groups excluding carboxylic acids is 1. The van der Waals surface area contributed by atoms with Crippen molar-refractivity contribution in [3.63, 3.8) is 0 Å². The lowest BCUT2D eigenvalue weighted by Crippen LogP contribution is -2.20. The molecule has 0 aromatic heterocycles. The molecule has 0 bridgehead atoms. The van der Waals surface area contributed by atoms with E-state index in [0.717, 1.165) is 4.47 Å². The monoisotopic (exact) mass is 386 g/mol. The number of nitrogen functional groups attached to an aromatic ring is 1. The Morgan fingerprint density at radius 2 is 2.00 bits per heavy atom. The van der Waals surface area contributed by atoms with Crippen LogP contribution in [-0.4, -0.2) is 15.9 Å². The van der Waals surface area contributed by atoms with Crippen molar-refractivity contribution < 1.29 is 9.00 Å². The molecule has 0 saturated carbocycles. The molecule has 1 amide bonds. The third-order valence-electron chi connectivity index (χ3n) is 2.61. The van der Waals surface area contributed by atoms with Gasteiger partial charge >= 0.3 is 0 Å². The highest BCUT2D eigenvalue weighted by Crippen LogP contribution is 2.24. The van der Waals surface area contributed by atoms with Crippen LogP contribution in [0.15, 0.2) is 51.8 Å². The highest BCUT2D eigenvalue weighted by atomic mass is 79.9. The van der Waals surface area contributed by atoms with Crippen LogP contribution in [-0.2, 0) is 15.6 Å². The van der Waals surface area contributed by atoms with Crippen molar-refractivity contribution in [3.8, 4) is 0 Å². The van der Waals surface area contributed by atoms with Crippen LogP contribution in [0.25, 0.3) is 0 Å². The van der Waals surface area contributed by atoms with Crippen LogP contribution in [0.3, 0.4) is 0 Å². The maximum absolute atomic E-state index is 12.2. The average Bonchev–Trinajstić information content (AvgIpc) is 2.41. The summed E-state index contributed by atoms with van der Waals surface area (Å²) in [6.45, 7) is 0. The number of carbonyl (C=O) groups is 1. The molecular weight excluding hydrogens is 376 g/mol. The Hall–Kier alpha value is -1.37. The molecule has 2 aromatic carbocycles. The van der Waals surface area contributed by atoms with Gasteiger partial charge in [-0.3, -0.25) is 9.00 Å². The van der Waals surface area contributed by atoms with Crippen LogP contribution in [0.5, 0.6) is 0 Å². The zero-order valence-electron chi connectivity index (χ0n) is 10.8. The predicted octanol–water partition coefficient (Wildman–Crippen LogP) is 3.43. The van der Waals surface area contributed by atoms with Crippen molar-refractivity contribution in [2.45, 2.75) is 4.90 Å².